The fourth-order valence-electron chi connectivity index (χ4n) is 0.478. The van der Waals surface area contributed by atoms with Crippen LogP contribution in [0.4, 0.5) is 0 Å². The summed E-state index contributed by atoms with van der Waals surface area (Å²) in [5, 5.41) is 8.38. The Labute approximate surface area is 108 Å². The van der Waals surface area contributed by atoms with Gasteiger partial charge in [-0.1, -0.05) is 47.5 Å². The lowest BCUT2D eigenvalue weighted by Crippen LogP contribution is -2.26. The number of aliphatic hydroxyl groups excluding tert-OH is 1. The minimum atomic E-state index is -0.421. The minimum absolute atomic E-state index is 0.0995. The molecule has 3 heteroatoms. The predicted octanol–water partition coefficient (Wildman–Crippen LogP) is 3.79. The lowest BCUT2D eigenvalue weighted by atomic mass is 9.91. The number of rotatable bonds is 4. The standard InChI is InChI=1S/C8H16O3.2C3H8/c1-4-8(2,3)7(10)11-6-5-9;2*1-3-2/h9H,4-6H2,1-3H3;2*3H2,1-2H3. The first-order valence-corrected chi connectivity index (χ1v) is 6.65. The highest BCUT2D eigenvalue weighted by atomic mass is 16.5. The summed E-state index contributed by atoms with van der Waals surface area (Å²) >= 11 is 0. The Bertz CT molecular complexity index is 152. The Morgan fingerprint density at radius 1 is 1.06 bits per heavy atom. The van der Waals surface area contributed by atoms with Gasteiger partial charge in [0.1, 0.15) is 6.61 Å². The van der Waals surface area contributed by atoms with E-state index >= 15 is 0 Å². The summed E-state index contributed by atoms with van der Waals surface area (Å²) in [5.41, 5.74) is -0.421. The van der Waals surface area contributed by atoms with Gasteiger partial charge >= 0.3 is 5.97 Å². The normalized spacial score (nSPS) is 9.41. The molecule has 17 heavy (non-hydrogen) atoms. The Kier molecular flexibility index (Phi) is 19.7. The maximum Gasteiger partial charge on any atom is 0.311 e. The molecule has 0 aliphatic rings. The highest BCUT2D eigenvalue weighted by molar-refractivity contribution is 5.75. The first-order chi connectivity index (χ1) is 7.87. The Morgan fingerprint density at radius 2 is 1.41 bits per heavy atom. The molecule has 0 atom stereocenters. The monoisotopic (exact) mass is 248 g/mol. The van der Waals surface area contributed by atoms with Crippen LogP contribution in [0.2, 0.25) is 0 Å². The molecule has 0 aliphatic heterocycles. The SMILES string of the molecule is CCC.CCC.CCC(C)(C)C(=O)OCCO. The molecule has 0 aromatic heterocycles. The van der Waals surface area contributed by atoms with Crippen LogP contribution in [0.15, 0.2) is 0 Å². The summed E-state index contributed by atoms with van der Waals surface area (Å²) < 4.78 is 4.76. The van der Waals surface area contributed by atoms with Crippen LogP contribution in [0.3, 0.4) is 0 Å². The first kappa shape index (κ1) is 21.7. The van der Waals surface area contributed by atoms with Crippen molar-refractivity contribution in [1.82, 2.24) is 0 Å². The van der Waals surface area contributed by atoms with E-state index in [1.807, 2.05) is 20.8 Å². The van der Waals surface area contributed by atoms with Gasteiger partial charge in [-0.2, -0.15) is 0 Å². The number of ether oxygens (including phenoxy) is 1. The van der Waals surface area contributed by atoms with Crippen molar-refractivity contribution in [1.29, 1.82) is 0 Å². The van der Waals surface area contributed by atoms with Gasteiger partial charge in [-0.05, 0) is 20.3 Å². The van der Waals surface area contributed by atoms with Crippen molar-refractivity contribution in [3.05, 3.63) is 0 Å². The largest absolute Gasteiger partial charge is 0.463 e. The van der Waals surface area contributed by atoms with Gasteiger partial charge in [0.2, 0.25) is 0 Å². The number of hydrogen-bond acceptors (Lipinski definition) is 3. The van der Waals surface area contributed by atoms with Crippen LogP contribution in [-0.4, -0.2) is 24.3 Å². The van der Waals surface area contributed by atoms with Crippen molar-refractivity contribution in [2.75, 3.05) is 13.2 Å². The van der Waals surface area contributed by atoms with Gasteiger partial charge in [-0.3, -0.25) is 4.79 Å². The molecule has 0 aromatic rings. The molecule has 0 bridgehead atoms. The van der Waals surface area contributed by atoms with Crippen LogP contribution >= 0.6 is 0 Å². The average molecular weight is 248 g/mol. The molecule has 0 rings (SSSR count). The van der Waals surface area contributed by atoms with E-state index in [1.54, 1.807) is 0 Å². The molecule has 1 N–H and O–H groups in total. The predicted molar refractivity (Wildman–Crippen MR) is 74.0 cm³/mol. The second-order valence-electron chi connectivity index (χ2n) is 4.51. The highest BCUT2D eigenvalue weighted by Gasteiger charge is 2.26. The fourth-order valence-corrected chi connectivity index (χ4v) is 0.478. The molecule has 0 aliphatic carbocycles. The highest BCUT2D eigenvalue weighted by Crippen LogP contribution is 2.20. The minimum Gasteiger partial charge on any atom is -0.463 e. The van der Waals surface area contributed by atoms with E-state index in [1.165, 1.54) is 12.8 Å². The number of esters is 1. The summed E-state index contributed by atoms with van der Waals surface area (Å²) in [4.78, 5) is 11.1. The van der Waals surface area contributed by atoms with Crippen molar-refractivity contribution >= 4 is 5.97 Å². The summed E-state index contributed by atoms with van der Waals surface area (Å²) in [6.07, 6.45) is 3.25. The molecule has 0 fully saturated rings. The quantitative estimate of drug-likeness (QED) is 0.770. The van der Waals surface area contributed by atoms with Crippen LogP contribution in [0, 0.1) is 5.41 Å². The second kappa shape index (κ2) is 15.4. The van der Waals surface area contributed by atoms with E-state index in [4.69, 9.17) is 9.84 Å². The fraction of sp³-hybridized carbons (Fsp3) is 0.929. The van der Waals surface area contributed by atoms with Crippen LogP contribution in [0.25, 0.3) is 0 Å². The average Bonchev–Trinajstić information content (AvgIpc) is 2.28. The van der Waals surface area contributed by atoms with Crippen LogP contribution in [-0.2, 0) is 9.53 Å². The Morgan fingerprint density at radius 3 is 1.65 bits per heavy atom. The number of aliphatic hydroxyl groups is 1. The third kappa shape index (κ3) is 18.0. The molecule has 0 unspecified atom stereocenters. The smallest absolute Gasteiger partial charge is 0.311 e. The third-order valence-electron chi connectivity index (χ3n) is 1.76. The second-order valence-corrected chi connectivity index (χ2v) is 4.51. The van der Waals surface area contributed by atoms with Crippen molar-refractivity contribution in [3.8, 4) is 0 Å². The molecule has 0 amide bonds. The molecule has 106 valence electrons. The summed E-state index contributed by atoms with van der Waals surface area (Å²) in [6.45, 7) is 14.1. The van der Waals surface area contributed by atoms with Crippen molar-refractivity contribution < 1.29 is 14.6 Å². The molecule has 0 spiro atoms. The third-order valence-corrected chi connectivity index (χ3v) is 1.76. The van der Waals surface area contributed by atoms with Gasteiger partial charge in [0, 0.05) is 0 Å². The lowest BCUT2D eigenvalue weighted by Gasteiger charge is -2.19. The lowest BCUT2D eigenvalue weighted by molar-refractivity contribution is -0.155. The molecule has 3 nitrogen and oxygen atoms in total. The van der Waals surface area contributed by atoms with Crippen LogP contribution in [0.5, 0.6) is 0 Å². The van der Waals surface area contributed by atoms with E-state index in [2.05, 4.69) is 27.7 Å². The number of hydrogen-bond donors (Lipinski definition) is 1. The zero-order valence-electron chi connectivity index (χ0n) is 12.8. The molecule has 0 radical (unpaired) electrons. The van der Waals surface area contributed by atoms with E-state index in [9.17, 15) is 4.79 Å². The molecular formula is C14H32O3. The van der Waals surface area contributed by atoms with Gasteiger partial charge in [-0.15, -0.1) is 0 Å². The molecule has 0 saturated carbocycles. The first-order valence-electron chi connectivity index (χ1n) is 6.65. The zero-order chi connectivity index (χ0) is 14.3. The zero-order valence-corrected chi connectivity index (χ0v) is 12.8. The summed E-state index contributed by atoms with van der Waals surface area (Å²) in [5.74, 6) is -0.242. The summed E-state index contributed by atoms with van der Waals surface area (Å²) in [7, 11) is 0. The van der Waals surface area contributed by atoms with Crippen molar-refractivity contribution in [3.63, 3.8) is 0 Å². The topological polar surface area (TPSA) is 46.5 Å². The maximum atomic E-state index is 11.1. The van der Waals surface area contributed by atoms with Crippen molar-refractivity contribution in [2.24, 2.45) is 5.41 Å². The Balaban J connectivity index is -0.000000273. The van der Waals surface area contributed by atoms with E-state index < -0.39 is 5.41 Å². The molecule has 0 aromatic carbocycles. The molecular weight excluding hydrogens is 216 g/mol. The van der Waals surface area contributed by atoms with Gasteiger partial charge in [-0.25, -0.2) is 0 Å². The van der Waals surface area contributed by atoms with E-state index in [-0.39, 0.29) is 19.2 Å². The van der Waals surface area contributed by atoms with Crippen LogP contribution in [0.1, 0.15) is 67.7 Å². The van der Waals surface area contributed by atoms with Gasteiger partial charge in [0.05, 0.1) is 12.0 Å². The number of carbonyl (C=O) groups excluding carboxylic acids is 1. The maximum absolute atomic E-state index is 11.1. The van der Waals surface area contributed by atoms with Gasteiger partial charge in [0.15, 0.2) is 0 Å². The van der Waals surface area contributed by atoms with Gasteiger partial charge < -0.3 is 9.84 Å². The molecule has 0 heterocycles. The van der Waals surface area contributed by atoms with Gasteiger partial charge in [0.25, 0.3) is 0 Å². The number of carbonyl (C=O) groups is 1. The molecule has 0 saturated heterocycles. The van der Waals surface area contributed by atoms with E-state index in [0.717, 1.165) is 6.42 Å². The Hall–Kier alpha value is -0.570. The van der Waals surface area contributed by atoms with Crippen LogP contribution < -0.4 is 0 Å². The van der Waals surface area contributed by atoms with Crippen molar-refractivity contribution in [2.45, 2.75) is 67.7 Å². The van der Waals surface area contributed by atoms with E-state index in [0.29, 0.717) is 0 Å². The summed E-state index contributed by atoms with van der Waals surface area (Å²) in [6, 6.07) is 0.